The number of hydrogen-bond acceptors (Lipinski definition) is 4. The largest absolute Gasteiger partial charge is 0.467 e. The average molecular weight is 453 g/mol. The summed E-state index contributed by atoms with van der Waals surface area (Å²) in [4.78, 5) is 38.3. The third-order valence-corrected chi connectivity index (χ3v) is 5.43. The van der Waals surface area contributed by atoms with Crippen molar-refractivity contribution in [3.05, 3.63) is 71.3 Å². The average Bonchev–Trinajstić information content (AvgIpc) is 2.77. The van der Waals surface area contributed by atoms with Gasteiger partial charge in [0.05, 0.1) is 7.11 Å². The van der Waals surface area contributed by atoms with Crippen LogP contribution < -0.4 is 10.6 Å². The van der Waals surface area contributed by atoms with E-state index in [0.717, 1.165) is 11.1 Å². The number of amides is 2. The molecule has 2 amide bonds. The number of esters is 1. The summed E-state index contributed by atoms with van der Waals surface area (Å²) >= 11 is 0. The highest BCUT2D eigenvalue weighted by atomic mass is 16.5. The molecule has 0 heterocycles. The van der Waals surface area contributed by atoms with Gasteiger partial charge < -0.3 is 15.4 Å². The smallest absolute Gasteiger partial charge is 0.328 e. The lowest BCUT2D eigenvalue weighted by atomic mass is 9.86. The first-order valence-electron chi connectivity index (χ1n) is 11.3. The molecule has 0 aliphatic rings. The Kier molecular flexibility index (Phi) is 9.21. The number of rotatable bonds is 9. The lowest BCUT2D eigenvalue weighted by molar-refractivity contribution is -0.145. The fourth-order valence-electron chi connectivity index (χ4n) is 3.52. The van der Waals surface area contributed by atoms with Crippen molar-refractivity contribution in [2.24, 2.45) is 5.92 Å². The molecule has 6 nitrogen and oxygen atoms in total. The summed E-state index contributed by atoms with van der Waals surface area (Å²) in [5.41, 5.74) is 2.49. The van der Waals surface area contributed by atoms with Crippen LogP contribution in [0.2, 0.25) is 0 Å². The van der Waals surface area contributed by atoms with Crippen molar-refractivity contribution in [1.29, 1.82) is 0 Å². The minimum absolute atomic E-state index is 0.0171. The van der Waals surface area contributed by atoms with Gasteiger partial charge in [0, 0.05) is 12.0 Å². The van der Waals surface area contributed by atoms with E-state index in [0.29, 0.717) is 18.4 Å². The topological polar surface area (TPSA) is 84.5 Å². The third kappa shape index (κ3) is 8.04. The number of hydrogen-bond donors (Lipinski definition) is 2. The molecule has 0 saturated heterocycles. The van der Waals surface area contributed by atoms with E-state index in [1.165, 1.54) is 7.11 Å². The monoisotopic (exact) mass is 452 g/mol. The predicted octanol–water partition coefficient (Wildman–Crippen LogP) is 4.03. The maximum Gasteiger partial charge on any atom is 0.328 e. The molecule has 2 rings (SSSR count). The molecular weight excluding hydrogens is 416 g/mol. The van der Waals surface area contributed by atoms with E-state index in [2.05, 4.69) is 31.4 Å². The molecule has 0 fully saturated rings. The van der Waals surface area contributed by atoms with Crippen molar-refractivity contribution in [1.82, 2.24) is 10.6 Å². The van der Waals surface area contributed by atoms with Crippen molar-refractivity contribution in [3.63, 3.8) is 0 Å². The highest BCUT2D eigenvalue weighted by molar-refractivity contribution is 5.98. The standard InChI is InChI=1S/C27H36N2O4/c1-18(2)16-22(28-24(30)20-12-14-21(15-13-20)27(3,4)5)25(31)29-23(26(32)33-6)17-19-10-8-7-9-11-19/h7-15,18,22-23H,16-17H2,1-6H3,(H,28,30)(H,29,31)/t22-,23+/m1/s1. The summed E-state index contributed by atoms with van der Waals surface area (Å²) in [7, 11) is 1.29. The first-order chi connectivity index (χ1) is 15.5. The van der Waals surface area contributed by atoms with Crippen LogP contribution in [0.3, 0.4) is 0 Å². The van der Waals surface area contributed by atoms with Crippen LogP contribution >= 0.6 is 0 Å². The fraction of sp³-hybridized carbons (Fsp3) is 0.444. The molecule has 0 bridgehead atoms. The van der Waals surface area contributed by atoms with Crippen LogP contribution in [0.5, 0.6) is 0 Å². The molecule has 0 aliphatic carbocycles. The second-order valence-electron chi connectivity index (χ2n) is 9.76. The summed E-state index contributed by atoms with van der Waals surface area (Å²) in [6.45, 7) is 10.3. The summed E-state index contributed by atoms with van der Waals surface area (Å²) < 4.78 is 4.89. The van der Waals surface area contributed by atoms with Gasteiger partial charge in [-0.1, -0.05) is 77.1 Å². The van der Waals surface area contributed by atoms with Gasteiger partial charge >= 0.3 is 5.97 Å². The number of benzene rings is 2. The van der Waals surface area contributed by atoms with E-state index in [9.17, 15) is 14.4 Å². The van der Waals surface area contributed by atoms with Gasteiger partial charge in [0.25, 0.3) is 5.91 Å². The van der Waals surface area contributed by atoms with Crippen molar-refractivity contribution in [3.8, 4) is 0 Å². The van der Waals surface area contributed by atoms with Crippen LogP contribution in [0.15, 0.2) is 54.6 Å². The van der Waals surface area contributed by atoms with Gasteiger partial charge in [-0.2, -0.15) is 0 Å². The lowest BCUT2D eigenvalue weighted by Gasteiger charge is -2.24. The molecule has 6 heteroatoms. The van der Waals surface area contributed by atoms with E-state index < -0.39 is 24.0 Å². The first-order valence-corrected chi connectivity index (χ1v) is 11.3. The van der Waals surface area contributed by atoms with Crippen molar-refractivity contribution < 1.29 is 19.1 Å². The maximum absolute atomic E-state index is 13.1. The zero-order chi connectivity index (χ0) is 24.6. The second kappa shape index (κ2) is 11.6. The van der Waals surface area contributed by atoms with Crippen LogP contribution in [-0.4, -0.2) is 37.0 Å². The zero-order valence-corrected chi connectivity index (χ0v) is 20.5. The zero-order valence-electron chi connectivity index (χ0n) is 20.5. The molecule has 0 radical (unpaired) electrons. The van der Waals surface area contributed by atoms with Gasteiger partial charge in [0.2, 0.25) is 5.91 Å². The molecule has 0 unspecified atom stereocenters. The minimum Gasteiger partial charge on any atom is -0.467 e. The van der Waals surface area contributed by atoms with Gasteiger partial charge in [-0.15, -0.1) is 0 Å². The van der Waals surface area contributed by atoms with Crippen LogP contribution in [0.25, 0.3) is 0 Å². The third-order valence-electron chi connectivity index (χ3n) is 5.43. The fourth-order valence-corrected chi connectivity index (χ4v) is 3.52. The first kappa shape index (κ1) is 26.1. The minimum atomic E-state index is -0.845. The molecule has 2 aromatic rings. The van der Waals surface area contributed by atoms with Crippen LogP contribution in [0.1, 0.15) is 62.5 Å². The molecule has 178 valence electrons. The molecule has 0 spiro atoms. The Balaban J connectivity index is 2.15. The Morgan fingerprint density at radius 2 is 1.48 bits per heavy atom. The number of methoxy groups -OCH3 is 1. The molecule has 33 heavy (non-hydrogen) atoms. The summed E-state index contributed by atoms with van der Waals surface area (Å²) in [5.74, 6) is -1.10. The van der Waals surface area contributed by atoms with Gasteiger partial charge in [0.1, 0.15) is 12.1 Å². The Morgan fingerprint density at radius 3 is 2.00 bits per heavy atom. The van der Waals surface area contributed by atoms with Crippen LogP contribution in [0, 0.1) is 5.92 Å². The normalized spacial score (nSPS) is 13.2. The Labute approximate surface area is 197 Å². The lowest BCUT2D eigenvalue weighted by Crippen LogP contribution is -2.52. The van der Waals surface area contributed by atoms with Crippen LogP contribution in [-0.2, 0) is 26.2 Å². The summed E-state index contributed by atoms with van der Waals surface area (Å²) in [5, 5.41) is 5.62. The highest BCUT2D eigenvalue weighted by Crippen LogP contribution is 2.22. The number of carbonyl (C=O) groups excluding carboxylic acids is 3. The molecule has 2 aromatic carbocycles. The van der Waals surface area contributed by atoms with Crippen molar-refractivity contribution >= 4 is 17.8 Å². The SMILES string of the molecule is COC(=O)[C@H](Cc1ccccc1)NC(=O)[C@@H](CC(C)C)NC(=O)c1ccc(C(C)(C)C)cc1. The molecule has 2 N–H and O–H groups in total. The van der Waals surface area contributed by atoms with E-state index in [1.807, 2.05) is 56.3 Å². The van der Waals surface area contributed by atoms with E-state index in [4.69, 9.17) is 4.74 Å². The van der Waals surface area contributed by atoms with Gasteiger partial charge in [0.15, 0.2) is 0 Å². The molecule has 2 atom stereocenters. The Bertz CT molecular complexity index is 931. The van der Waals surface area contributed by atoms with E-state index in [-0.39, 0.29) is 17.2 Å². The Hall–Kier alpha value is -3.15. The predicted molar refractivity (Wildman–Crippen MR) is 130 cm³/mol. The Morgan fingerprint density at radius 1 is 0.879 bits per heavy atom. The van der Waals surface area contributed by atoms with Crippen LogP contribution in [0.4, 0.5) is 0 Å². The quantitative estimate of drug-likeness (QED) is 0.563. The van der Waals surface area contributed by atoms with Gasteiger partial charge in [-0.3, -0.25) is 9.59 Å². The number of carbonyl (C=O) groups is 3. The second-order valence-corrected chi connectivity index (χ2v) is 9.76. The summed E-state index contributed by atoms with van der Waals surface area (Å²) in [6.07, 6.45) is 0.743. The van der Waals surface area contributed by atoms with Crippen molar-refractivity contribution in [2.45, 2.75) is 65.0 Å². The molecule has 0 saturated carbocycles. The van der Waals surface area contributed by atoms with Gasteiger partial charge in [-0.25, -0.2) is 4.79 Å². The van der Waals surface area contributed by atoms with E-state index >= 15 is 0 Å². The van der Waals surface area contributed by atoms with Gasteiger partial charge in [-0.05, 0) is 41.0 Å². The molecule has 0 aromatic heterocycles. The maximum atomic E-state index is 13.1. The number of nitrogens with one attached hydrogen (secondary N) is 2. The highest BCUT2D eigenvalue weighted by Gasteiger charge is 2.28. The van der Waals surface area contributed by atoms with Crippen molar-refractivity contribution in [2.75, 3.05) is 7.11 Å². The van der Waals surface area contributed by atoms with E-state index in [1.54, 1.807) is 12.1 Å². The number of ether oxygens (including phenoxy) is 1. The molecule has 0 aliphatic heterocycles. The molecular formula is C27H36N2O4. The summed E-state index contributed by atoms with van der Waals surface area (Å²) in [6, 6.07) is 15.2.